The number of anilines is 1. The van der Waals surface area contributed by atoms with Crippen LogP contribution in [0.5, 0.6) is 5.75 Å². The van der Waals surface area contributed by atoms with E-state index >= 15 is 0 Å². The molecule has 3 atom stereocenters. The van der Waals surface area contributed by atoms with Crippen molar-refractivity contribution in [3.05, 3.63) is 72.7 Å². The fraction of sp³-hybridized carbons (Fsp3) is 0.222. The highest BCUT2D eigenvalue weighted by molar-refractivity contribution is 6.35. The molecule has 0 radical (unpaired) electrons. The molecule has 0 aromatic heterocycles. The van der Waals surface area contributed by atoms with Gasteiger partial charge in [-0.1, -0.05) is 53.0 Å². The number of rotatable bonds is 2. The number of hydrogen-bond acceptors (Lipinski definition) is 4. The first kappa shape index (κ1) is 17.5. The van der Waals surface area contributed by atoms with Crippen molar-refractivity contribution in [2.24, 2.45) is 5.92 Å². The molecule has 4 rings (SSSR count). The largest absolute Gasteiger partial charge is 0.506 e. The number of nitrogens with zero attached hydrogens (tertiary/aromatic N) is 1. The van der Waals surface area contributed by atoms with Gasteiger partial charge in [0, 0.05) is 22.0 Å². The maximum atomic E-state index is 11.6. The Morgan fingerprint density at radius 2 is 1.96 bits per heavy atom. The Hall–Kier alpha value is -1.95. The average Bonchev–Trinajstić information content (AvgIpc) is 3.04. The molecule has 2 aliphatic rings. The first-order valence-corrected chi connectivity index (χ1v) is 9.09. The van der Waals surface area contributed by atoms with Crippen molar-refractivity contribution in [1.29, 1.82) is 0 Å². The molecule has 0 unspecified atom stereocenters. The number of phenolic OH excluding ortho intramolecular Hbond substituents is 1. The summed E-state index contributed by atoms with van der Waals surface area (Å²) >= 11 is 18.4. The van der Waals surface area contributed by atoms with Crippen molar-refractivity contribution in [3.63, 3.8) is 0 Å². The highest BCUT2D eigenvalue weighted by Gasteiger charge is 2.44. The molecular weight excluding hydrogens is 399 g/mol. The van der Waals surface area contributed by atoms with E-state index in [1.807, 2.05) is 18.2 Å². The molecule has 1 aliphatic heterocycles. The topological polar surface area (TPSA) is 75.4 Å². The molecule has 0 saturated heterocycles. The zero-order chi connectivity index (χ0) is 18.6. The van der Waals surface area contributed by atoms with Gasteiger partial charge in [0.05, 0.1) is 22.2 Å². The number of halogens is 3. The number of fused-ring (bicyclic) bond motifs is 3. The quantitative estimate of drug-likeness (QED) is 0.271. The van der Waals surface area contributed by atoms with Gasteiger partial charge in [0.25, 0.3) is 5.69 Å². The summed E-state index contributed by atoms with van der Waals surface area (Å²) in [5, 5.41) is 26.2. The molecule has 1 heterocycles. The second-order valence-corrected chi connectivity index (χ2v) is 7.66. The summed E-state index contributed by atoms with van der Waals surface area (Å²) in [6.45, 7) is 0. The van der Waals surface area contributed by atoms with Crippen molar-refractivity contribution in [2.45, 2.75) is 18.4 Å². The summed E-state index contributed by atoms with van der Waals surface area (Å²) in [7, 11) is 0. The van der Waals surface area contributed by atoms with Gasteiger partial charge in [0.15, 0.2) is 0 Å². The second kappa shape index (κ2) is 6.34. The number of nitro groups is 1. The van der Waals surface area contributed by atoms with E-state index in [9.17, 15) is 15.2 Å². The summed E-state index contributed by atoms with van der Waals surface area (Å²) in [5.74, 6) is -0.352. The lowest BCUT2D eigenvalue weighted by atomic mass is 9.76. The summed E-state index contributed by atoms with van der Waals surface area (Å²) in [5.41, 5.74) is 1.40. The fourth-order valence-electron chi connectivity index (χ4n) is 3.96. The molecule has 2 N–H and O–H groups in total. The Balaban J connectivity index is 1.91. The van der Waals surface area contributed by atoms with Crippen LogP contribution >= 0.6 is 34.8 Å². The van der Waals surface area contributed by atoms with Gasteiger partial charge >= 0.3 is 0 Å². The standard InChI is InChI=1S/C18H13Cl3N2O3/c19-8-4-5-11(12(20)6-8)16-10-3-1-2-9(10)15-17(22-16)14(24)7-13(21)18(15)23(25)26/h1-2,4-7,9-10,16,22,24H,3H2/t9-,10+,16-/m0/s1. The molecular formula is C18H13Cl3N2O3. The highest BCUT2D eigenvalue weighted by atomic mass is 35.5. The first-order valence-electron chi connectivity index (χ1n) is 7.96. The van der Waals surface area contributed by atoms with Gasteiger partial charge in [0.2, 0.25) is 0 Å². The number of allylic oxidation sites excluding steroid dienone is 2. The van der Waals surface area contributed by atoms with Crippen LogP contribution < -0.4 is 5.32 Å². The van der Waals surface area contributed by atoms with Gasteiger partial charge in [-0.3, -0.25) is 10.1 Å². The molecule has 26 heavy (non-hydrogen) atoms. The van der Waals surface area contributed by atoms with Crippen molar-refractivity contribution in [2.75, 3.05) is 5.32 Å². The van der Waals surface area contributed by atoms with E-state index in [1.165, 1.54) is 6.07 Å². The van der Waals surface area contributed by atoms with Crippen LogP contribution in [0.1, 0.15) is 29.5 Å². The van der Waals surface area contributed by atoms with Crippen LogP contribution in [-0.2, 0) is 0 Å². The van der Waals surface area contributed by atoms with Gasteiger partial charge in [-0.05, 0) is 30.0 Å². The molecule has 0 saturated carbocycles. The normalized spacial score (nSPS) is 23.3. The molecule has 1 aliphatic carbocycles. The Morgan fingerprint density at radius 3 is 2.65 bits per heavy atom. The number of phenols is 1. The maximum absolute atomic E-state index is 11.6. The van der Waals surface area contributed by atoms with Crippen LogP contribution in [-0.4, -0.2) is 10.0 Å². The van der Waals surface area contributed by atoms with E-state index in [2.05, 4.69) is 5.32 Å². The predicted molar refractivity (Wildman–Crippen MR) is 103 cm³/mol. The summed E-state index contributed by atoms with van der Waals surface area (Å²) < 4.78 is 0. The smallest absolute Gasteiger partial charge is 0.293 e. The Kier molecular flexibility index (Phi) is 4.26. The first-order chi connectivity index (χ1) is 12.4. The summed E-state index contributed by atoms with van der Waals surface area (Å²) in [6.07, 6.45) is 4.65. The van der Waals surface area contributed by atoms with Gasteiger partial charge in [-0.25, -0.2) is 0 Å². The van der Waals surface area contributed by atoms with E-state index in [4.69, 9.17) is 34.8 Å². The summed E-state index contributed by atoms with van der Waals surface area (Å²) in [4.78, 5) is 11.1. The molecule has 0 fully saturated rings. The molecule has 2 aromatic carbocycles. The molecule has 2 aromatic rings. The van der Waals surface area contributed by atoms with Gasteiger partial charge in [-0.15, -0.1) is 0 Å². The van der Waals surface area contributed by atoms with E-state index in [1.54, 1.807) is 12.1 Å². The van der Waals surface area contributed by atoms with Crippen LogP contribution in [0.15, 0.2) is 36.4 Å². The third-order valence-corrected chi connectivity index (χ3v) is 5.88. The lowest BCUT2D eigenvalue weighted by Gasteiger charge is -2.37. The second-order valence-electron chi connectivity index (χ2n) is 6.41. The molecule has 5 nitrogen and oxygen atoms in total. The number of nitrogens with one attached hydrogen (secondary N) is 1. The van der Waals surface area contributed by atoms with Gasteiger partial charge in [0.1, 0.15) is 10.8 Å². The van der Waals surface area contributed by atoms with E-state index in [0.29, 0.717) is 21.3 Å². The summed E-state index contributed by atoms with van der Waals surface area (Å²) in [6, 6.07) is 6.23. The lowest BCUT2D eigenvalue weighted by molar-refractivity contribution is -0.385. The third kappa shape index (κ3) is 2.62. The van der Waals surface area contributed by atoms with Crippen LogP contribution in [0.4, 0.5) is 11.4 Å². The number of aromatic hydroxyl groups is 1. The molecule has 8 heteroatoms. The maximum Gasteiger partial charge on any atom is 0.293 e. The Bertz CT molecular complexity index is 961. The van der Waals surface area contributed by atoms with Crippen LogP contribution in [0.2, 0.25) is 15.1 Å². The van der Waals surface area contributed by atoms with E-state index in [0.717, 1.165) is 12.0 Å². The van der Waals surface area contributed by atoms with Crippen molar-refractivity contribution >= 4 is 46.2 Å². The average molecular weight is 412 g/mol. The van der Waals surface area contributed by atoms with Gasteiger partial charge < -0.3 is 10.4 Å². The van der Waals surface area contributed by atoms with E-state index in [-0.39, 0.29) is 34.3 Å². The SMILES string of the molecule is O=[N+]([O-])c1c(Cl)cc(O)c2c1[C@H]1C=CC[C@H]1[C@@H](c1ccc(Cl)cc1Cl)N2. The molecule has 0 amide bonds. The Morgan fingerprint density at radius 1 is 1.19 bits per heavy atom. The van der Waals surface area contributed by atoms with Crippen LogP contribution in [0, 0.1) is 16.0 Å². The number of benzene rings is 2. The highest BCUT2D eigenvalue weighted by Crippen LogP contribution is 2.56. The number of nitro benzene ring substituents is 1. The van der Waals surface area contributed by atoms with Crippen molar-refractivity contribution in [3.8, 4) is 5.75 Å². The minimum Gasteiger partial charge on any atom is -0.506 e. The van der Waals surface area contributed by atoms with E-state index < -0.39 is 4.92 Å². The van der Waals surface area contributed by atoms with Crippen LogP contribution in [0.25, 0.3) is 0 Å². The molecule has 0 spiro atoms. The van der Waals surface area contributed by atoms with Crippen molar-refractivity contribution in [1.82, 2.24) is 0 Å². The minimum absolute atomic E-state index is 0.0118. The monoisotopic (exact) mass is 410 g/mol. The minimum atomic E-state index is -0.499. The number of hydrogen-bond donors (Lipinski definition) is 2. The molecule has 134 valence electrons. The zero-order valence-corrected chi connectivity index (χ0v) is 15.5. The third-order valence-electron chi connectivity index (χ3n) is 5.02. The van der Waals surface area contributed by atoms with Gasteiger partial charge in [-0.2, -0.15) is 0 Å². The van der Waals surface area contributed by atoms with Crippen molar-refractivity contribution < 1.29 is 10.0 Å². The van der Waals surface area contributed by atoms with Crippen LogP contribution in [0.3, 0.4) is 0 Å². The lowest BCUT2D eigenvalue weighted by Crippen LogP contribution is -2.30. The molecule has 0 bridgehead atoms. The zero-order valence-electron chi connectivity index (χ0n) is 13.2. The fourth-order valence-corrected chi connectivity index (χ4v) is 4.76. The Labute approximate surface area is 164 Å². The predicted octanol–water partition coefficient (Wildman–Crippen LogP) is 6.09.